The summed E-state index contributed by atoms with van der Waals surface area (Å²) in [5.41, 5.74) is 2.48. The number of hydrogen-bond acceptors (Lipinski definition) is 5. The SMILES string of the molecule is CCOC(=O)N[C@H]1CC[C@H]2[C@@H](C1)C[C@H]1C(=O)O[C@H](C)[C@H]1[C@@H]2C=Cc1ccc(-c2cccc(F)c2)cn1. The molecule has 2 heterocycles. The molecule has 3 fully saturated rings. The van der Waals surface area contributed by atoms with Gasteiger partial charge in [0.1, 0.15) is 11.9 Å². The smallest absolute Gasteiger partial charge is 0.407 e. The van der Waals surface area contributed by atoms with Gasteiger partial charge in [0.25, 0.3) is 0 Å². The Bertz CT molecular complexity index is 1130. The summed E-state index contributed by atoms with van der Waals surface area (Å²) in [6, 6.07) is 10.4. The number of allylic oxidation sites excluding steroid dienone is 1. The standard InChI is InChI=1S/C29H33FN2O4/c1-3-35-29(34)32-23-10-11-24-20(14-23)15-26-27(17(2)36-28(26)33)25(24)12-9-22-8-7-19(16-31-22)18-5-4-6-21(30)13-18/h4-9,12-13,16-17,20,23-27H,3,10-11,14-15H2,1-2H3,(H,32,34)/t17-,20+,23+,24+,25-,26-,27+/m1/s1. The summed E-state index contributed by atoms with van der Waals surface area (Å²) in [4.78, 5) is 29.2. The van der Waals surface area contributed by atoms with Crippen molar-refractivity contribution in [3.8, 4) is 11.1 Å². The normalized spacial score (nSPS) is 31.4. The van der Waals surface area contributed by atoms with E-state index in [1.165, 1.54) is 12.1 Å². The van der Waals surface area contributed by atoms with E-state index in [1.54, 1.807) is 19.2 Å². The summed E-state index contributed by atoms with van der Waals surface area (Å²) in [5, 5.41) is 3.00. The number of fused-ring (bicyclic) bond motifs is 2. The van der Waals surface area contributed by atoms with Crippen LogP contribution in [0.1, 0.15) is 45.2 Å². The van der Waals surface area contributed by atoms with Crippen LogP contribution in [-0.4, -0.2) is 35.8 Å². The molecule has 7 heteroatoms. The molecule has 2 saturated carbocycles. The van der Waals surface area contributed by atoms with Crippen LogP contribution in [0.5, 0.6) is 0 Å². The molecule has 1 aromatic heterocycles. The van der Waals surface area contributed by atoms with Gasteiger partial charge in [-0.1, -0.05) is 24.3 Å². The minimum absolute atomic E-state index is 0.0679. The lowest BCUT2D eigenvalue weighted by Crippen LogP contribution is -2.48. The zero-order valence-corrected chi connectivity index (χ0v) is 20.7. The van der Waals surface area contributed by atoms with E-state index in [2.05, 4.69) is 16.4 Å². The predicted octanol–water partition coefficient (Wildman–Crippen LogP) is 5.63. The molecular weight excluding hydrogens is 459 g/mol. The van der Waals surface area contributed by atoms with Gasteiger partial charge in [-0.05, 0) is 87.1 Å². The van der Waals surface area contributed by atoms with Gasteiger partial charge in [-0.3, -0.25) is 9.78 Å². The van der Waals surface area contributed by atoms with Crippen LogP contribution in [-0.2, 0) is 14.3 Å². The molecule has 1 aromatic carbocycles. The Kier molecular flexibility index (Phi) is 7.08. The summed E-state index contributed by atoms with van der Waals surface area (Å²) in [6.45, 7) is 4.15. The van der Waals surface area contributed by atoms with Gasteiger partial charge < -0.3 is 14.8 Å². The zero-order chi connectivity index (χ0) is 25.2. The third-order valence-corrected chi connectivity index (χ3v) is 8.18. The highest BCUT2D eigenvalue weighted by Gasteiger charge is 2.54. The summed E-state index contributed by atoms with van der Waals surface area (Å²) in [7, 11) is 0. The number of cyclic esters (lactones) is 1. The molecule has 1 aliphatic heterocycles. The van der Waals surface area contributed by atoms with E-state index >= 15 is 0 Å². The van der Waals surface area contributed by atoms with Crippen LogP contribution in [0.4, 0.5) is 9.18 Å². The average Bonchev–Trinajstić information content (AvgIpc) is 3.15. The van der Waals surface area contributed by atoms with Crippen molar-refractivity contribution in [1.29, 1.82) is 0 Å². The summed E-state index contributed by atoms with van der Waals surface area (Å²) < 4.78 is 24.3. The number of carbonyl (C=O) groups excluding carboxylic acids is 2. The minimum atomic E-state index is -0.368. The topological polar surface area (TPSA) is 77.5 Å². The highest BCUT2D eigenvalue weighted by molar-refractivity contribution is 5.75. The molecule has 1 N–H and O–H groups in total. The van der Waals surface area contributed by atoms with E-state index < -0.39 is 0 Å². The molecule has 190 valence electrons. The first-order valence-electron chi connectivity index (χ1n) is 13.0. The molecule has 36 heavy (non-hydrogen) atoms. The summed E-state index contributed by atoms with van der Waals surface area (Å²) >= 11 is 0. The van der Waals surface area contributed by atoms with E-state index in [1.807, 2.05) is 31.2 Å². The second kappa shape index (κ2) is 10.4. The zero-order valence-electron chi connectivity index (χ0n) is 20.7. The van der Waals surface area contributed by atoms with Crippen LogP contribution in [0.15, 0.2) is 48.7 Å². The van der Waals surface area contributed by atoms with Crippen molar-refractivity contribution in [2.75, 3.05) is 6.61 Å². The van der Waals surface area contributed by atoms with Crippen molar-refractivity contribution < 1.29 is 23.5 Å². The number of carbonyl (C=O) groups is 2. The van der Waals surface area contributed by atoms with E-state index in [4.69, 9.17) is 9.47 Å². The number of nitrogens with one attached hydrogen (secondary N) is 1. The first kappa shape index (κ1) is 24.5. The van der Waals surface area contributed by atoms with Gasteiger partial charge in [-0.2, -0.15) is 0 Å². The van der Waals surface area contributed by atoms with E-state index in [9.17, 15) is 14.0 Å². The number of rotatable bonds is 5. The van der Waals surface area contributed by atoms with E-state index in [0.717, 1.165) is 42.5 Å². The molecule has 0 radical (unpaired) electrons. The van der Waals surface area contributed by atoms with Crippen LogP contribution in [0.2, 0.25) is 0 Å². The number of benzene rings is 1. The lowest BCUT2D eigenvalue weighted by Gasteiger charge is -2.47. The number of halogens is 1. The van der Waals surface area contributed by atoms with Crippen molar-refractivity contribution in [3.05, 3.63) is 60.2 Å². The Morgan fingerprint density at radius 3 is 2.83 bits per heavy atom. The number of amides is 1. The van der Waals surface area contributed by atoms with Crippen molar-refractivity contribution >= 4 is 18.1 Å². The van der Waals surface area contributed by atoms with Gasteiger partial charge in [0.15, 0.2) is 0 Å². The fourth-order valence-corrected chi connectivity index (χ4v) is 6.64. The number of alkyl carbamates (subject to hydrolysis) is 1. The highest BCUT2D eigenvalue weighted by atomic mass is 19.1. The molecule has 3 aliphatic rings. The number of ether oxygens (including phenoxy) is 2. The van der Waals surface area contributed by atoms with Gasteiger partial charge in [0, 0.05) is 23.7 Å². The molecule has 1 saturated heterocycles. The van der Waals surface area contributed by atoms with Gasteiger partial charge in [0.05, 0.1) is 18.2 Å². The molecule has 1 amide bonds. The molecule has 2 aromatic rings. The molecule has 0 bridgehead atoms. The summed E-state index contributed by atoms with van der Waals surface area (Å²) in [5.74, 6) is 0.629. The fourth-order valence-electron chi connectivity index (χ4n) is 6.64. The Hall–Kier alpha value is -3.22. The molecular formula is C29H33FN2O4. The van der Waals surface area contributed by atoms with Crippen LogP contribution < -0.4 is 5.32 Å². The lowest BCUT2D eigenvalue weighted by atomic mass is 9.57. The Morgan fingerprint density at radius 2 is 2.08 bits per heavy atom. The molecule has 0 spiro atoms. The monoisotopic (exact) mass is 492 g/mol. The fraction of sp³-hybridized carbons (Fsp3) is 0.483. The maximum absolute atomic E-state index is 13.6. The first-order chi connectivity index (χ1) is 17.4. The molecule has 2 aliphatic carbocycles. The maximum Gasteiger partial charge on any atom is 0.407 e. The average molecular weight is 493 g/mol. The van der Waals surface area contributed by atoms with E-state index in [-0.39, 0.29) is 47.8 Å². The van der Waals surface area contributed by atoms with Gasteiger partial charge in [-0.25, -0.2) is 9.18 Å². The van der Waals surface area contributed by atoms with Gasteiger partial charge in [-0.15, -0.1) is 0 Å². The number of nitrogens with zero attached hydrogens (tertiary/aromatic N) is 1. The highest BCUT2D eigenvalue weighted by Crippen LogP contribution is 2.53. The second-order valence-corrected chi connectivity index (χ2v) is 10.3. The molecule has 0 unspecified atom stereocenters. The maximum atomic E-state index is 13.6. The van der Waals surface area contributed by atoms with Crippen LogP contribution in [0, 0.1) is 35.4 Å². The second-order valence-electron chi connectivity index (χ2n) is 10.3. The van der Waals surface area contributed by atoms with Crippen LogP contribution >= 0.6 is 0 Å². The van der Waals surface area contributed by atoms with Crippen molar-refractivity contribution in [2.24, 2.45) is 29.6 Å². The minimum Gasteiger partial charge on any atom is -0.462 e. The molecule has 5 rings (SSSR count). The Balaban J connectivity index is 1.34. The van der Waals surface area contributed by atoms with Gasteiger partial charge >= 0.3 is 12.1 Å². The number of esters is 1. The third-order valence-electron chi connectivity index (χ3n) is 8.18. The molecule has 7 atom stereocenters. The van der Waals surface area contributed by atoms with Crippen molar-refractivity contribution in [1.82, 2.24) is 10.3 Å². The molecule has 6 nitrogen and oxygen atoms in total. The number of hydrogen-bond donors (Lipinski definition) is 1. The van der Waals surface area contributed by atoms with Crippen molar-refractivity contribution in [2.45, 2.75) is 51.7 Å². The predicted molar refractivity (Wildman–Crippen MR) is 134 cm³/mol. The number of pyridine rings is 1. The van der Waals surface area contributed by atoms with Gasteiger partial charge in [0.2, 0.25) is 0 Å². The third kappa shape index (κ3) is 5.01. The summed E-state index contributed by atoms with van der Waals surface area (Å²) in [6.07, 6.45) is 9.07. The van der Waals surface area contributed by atoms with Crippen molar-refractivity contribution in [3.63, 3.8) is 0 Å². The van der Waals surface area contributed by atoms with E-state index in [0.29, 0.717) is 18.4 Å². The lowest BCUT2D eigenvalue weighted by molar-refractivity contribution is -0.144. The Labute approximate surface area is 211 Å². The quantitative estimate of drug-likeness (QED) is 0.548. The Morgan fingerprint density at radius 1 is 1.22 bits per heavy atom. The largest absolute Gasteiger partial charge is 0.462 e. The van der Waals surface area contributed by atoms with Crippen LogP contribution in [0.3, 0.4) is 0 Å². The van der Waals surface area contributed by atoms with Crippen LogP contribution in [0.25, 0.3) is 17.2 Å². The number of aromatic nitrogens is 1. The first-order valence-corrected chi connectivity index (χ1v) is 13.0.